The van der Waals surface area contributed by atoms with E-state index in [1.54, 1.807) is 0 Å². The Balaban J connectivity index is 1.85. The van der Waals surface area contributed by atoms with Crippen molar-refractivity contribution in [3.05, 3.63) is 15.6 Å². The molecule has 0 radical (unpaired) electrons. The standard InChI is InChI=1S/C16H26N2S/c1-11-4-8-16(17,9-5-11)14-18-12-6-7-15(2,3)10-13(12)19-14/h11H,4-10,17H2,1-3H3. The normalized spacial score (nSPS) is 34.0. The van der Waals surface area contributed by atoms with Gasteiger partial charge in [0.1, 0.15) is 5.01 Å². The molecule has 2 nitrogen and oxygen atoms in total. The zero-order valence-electron chi connectivity index (χ0n) is 12.5. The van der Waals surface area contributed by atoms with Crippen molar-refractivity contribution in [3.63, 3.8) is 0 Å². The molecule has 3 heteroatoms. The highest BCUT2D eigenvalue weighted by Gasteiger charge is 2.37. The first-order valence-electron chi connectivity index (χ1n) is 7.66. The highest BCUT2D eigenvalue weighted by molar-refractivity contribution is 7.11. The van der Waals surface area contributed by atoms with E-state index in [0.29, 0.717) is 5.41 Å². The Morgan fingerprint density at radius 2 is 1.89 bits per heavy atom. The highest BCUT2D eigenvalue weighted by atomic mass is 32.1. The van der Waals surface area contributed by atoms with Crippen molar-refractivity contribution < 1.29 is 0 Å². The largest absolute Gasteiger partial charge is 0.319 e. The Labute approximate surface area is 120 Å². The molecule has 0 aromatic carbocycles. The van der Waals surface area contributed by atoms with Gasteiger partial charge < -0.3 is 5.73 Å². The van der Waals surface area contributed by atoms with Crippen molar-refractivity contribution in [1.82, 2.24) is 4.98 Å². The molecular formula is C16H26N2S. The molecule has 19 heavy (non-hydrogen) atoms. The molecule has 0 spiro atoms. The van der Waals surface area contributed by atoms with Crippen LogP contribution in [0.3, 0.4) is 0 Å². The lowest BCUT2D eigenvalue weighted by atomic mass is 9.78. The molecule has 3 rings (SSSR count). The molecule has 0 amide bonds. The smallest absolute Gasteiger partial charge is 0.113 e. The summed E-state index contributed by atoms with van der Waals surface area (Å²) in [6, 6.07) is 0. The molecule has 1 aromatic heterocycles. The molecule has 106 valence electrons. The molecule has 1 saturated carbocycles. The third-order valence-corrected chi connectivity index (χ3v) is 6.37. The Morgan fingerprint density at radius 3 is 2.58 bits per heavy atom. The van der Waals surface area contributed by atoms with Gasteiger partial charge in [0.05, 0.1) is 11.2 Å². The van der Waals surface area contributed by atoms with Crippen LogP contribution in [0.2, 0.25) is 0 Å². The van der Waals surface area contributed by atoms with E-state index in [2.05, 4.69) is 20.8 Å². The van der Waals surface area contributed by atoms with Crippen LogP contribution in [0, 0.1) is 11.3 Å². The van der Waals surface area contributed by atoms with E-state index in [-0.39, 0.29) is 5.54 Å². The topological polar surface area (TPSA) is 38.9 Å². The van der Waals surface area contributed by atoms with Crippen LogP contribution in [-0.2, 0) is 18.4 Å². The predicted octanol–water partition coefficient (Wildman–Crippen LogP) is 4.02. The summed E-state index contributed by atoms with van der Waals surface area (Å²) >= 11 is 1.91. The van der Waals surface area contributed by atoms with Crippen molar-refractivity contribution in [2.24, 2.45) is 17.1 Å². The highest BCUT2D eigenvalue weighted by Crippen LogP contribution is 2.43. The third-order valence-electron chi connectivity index (χ3n) is 5.05. The van der Waals surface area contributed by atoms with Gasteiger partial charge in [-0.2, -0.15) is 0 Å². The van der Waals surface area contributed by atoms with Crippen molar-refractivity contribution in [3.8, 4) is 0 Å². The molecule has 1 aromatic rings. The number of aryl methyl sites for hydroxylation is 1. The molecule has 2 N–H and O–H groups in total. The first-order chi connectivity index (χ1) is 8.88. The van der Waals surface area contributed by atoms with Gasteiger partial charge in [0.15, 0.2) is 0 Å². The van der Waals surface area contributed by atoms with Crippen LogP contribution in [0.4, 0.5) is 0 Å². The average Bonchev–Trinajstić information content (AvgIpc) is 2.75. The van der Waals surface area contributed by atoms with Gasteiger partial charge in [-0.3, -0.25) is 0 Å². The zero-order chi connectivity index (χ0) is 13.7. The molecule has 0 saturated heterocycles. The quantitative estimate of drug-likeness (QED) is 0.842. The maximum absolute atomic E-state index is 6.67. The number of hydrogen-bond acceptors (Lipinski definition) is 3. The van der Waals surface area contributed by atoms with E-state index in [9.17, 15) is 0 Å². The van der Waals surface area contributed by atoms with E-state index in [4.69, 9.17) is 10.7 Å². The van der Waals surface area contributed by atoms with Gasteiger partial charge in [-0.25, -0.2) is 4.98 Å². The number of thiazole rings is 1. The van der Waals surface area contributed by atoms with Crippen molar-refractivity contribution in [2.75, 3.05) is 0 Å². The molecule has 1 fully saturated rings. The summed E-state index contributed by atoms with van der Waals surface area (Å²) < 4.78 is 0. The number of hydrogen-bond donors (Lipinski definition) is 1. The number of nitrogens with zero attached hydrogens (tertiary/aromatic N) is 1. The maximum atomic E-state index is 6.67. The van der Waals surface area contributed by atoms with Gasteiger partial charge >= 0.3 is 0 Å². The van der Waals surface area contributed by atoms with Crippen LogP contribution in [0.15, 0.2) is 0 Å². The predicted molar refractivity (Wildman–Crippen MR) is 81.4 cm³/mol. The fourth-order valence-corrected chi connectivity index (χ4v) is 4.93. The van der Waals surface area contributed by atoms with Crippen LogP contribution in [-0.4, -0.2) is 4.98 Å². The van der Waals surface area contributed by atoms with E-state index in [0.717, 1.165) is 25.2 Å². The van der Waals surface area contributed by atoms with Crippen LogP contribution in [0.5, 0.6) is 0 Å². The van der Waals surface area contributed by atoms with Crippen molar-refractivity contribution >= 4 is 11.3 Å². The van der Waals surface area contributed by atoms with Crippen LogP contribution < -0.4 is 5.73 Å². The molecule has 2 aliphatic carbocycles. The molecule has 1 heterocycles. The van der Waals surface area contributed by atoms with Gasteiger partial charge in [0.25, 0.3) is 0 Å². The van der Waals surface area contributed by atoms with Crippen LogP contribution in [0.25, 0.3) is 0 Å². The Morgan fingerprint density at radius 1 is 1.21 bits per heavy atom. The van der Waals surface area contributed by atoms with E-state index >= 15 is 0 Å². The van der Waals surface area contributed by atoms with Crippen LogP contribution in [0.1, 0.15) is 68.5 Å². The lowest BCUT2D eigenvalue weighted by Crippen LogP contribution is -2.40. The number of rotatable bonds is 1. The minimum absolute atomic E-state index is 0.126. The Bertz CT molecular complexity index is 467. The van der Waals surface area contributed by atoms with Gasteiger partial charge in [-0.05, 0) is 56.3 Å². The second-order valence-electron chi connectivity index (χ2n) is 7.57. The summed E-state index contributed by atoms with van der Waals surface area (Å²) in [6.45, 7) is 7.08. The lowest BCUT2D eigenvalue weighted by Gasteiger charge is -2.34. The summed E-state index contributed by atoms with van der Waals surface area (Å²) in [4.78, 5) is 6.44. The van der Waals surface area contributed by atoms with E-state index in [1.807, 2.05) is 11.3 Å². The first kappa shape index (κ1) is 13.6. The maximum Gasteiger partial charge on any atom is 0.113 e. The minimum atomic E-state index is -0.126. The SMILES string of the molecule is CC1CCC(N)(c2nc3c(s2)CC(C)(C)CC3)CC1. The van der Waals surface area contributed by atoms with Gasteiger partial charge in [-0.15, -0.1) is 11.3 Å². The van der Waals surface area contributed by atoms with Crippen LogP contribution >= 0.6 is 11.3 Å². The monoisotopic (exact) mass is 278 g/mol. The molecule has 0 bridgehead atoms. The fraction of sp³-hybridized carbons (Fsp3) is 0.812. The zero-order valence-corrected chi connectivity index (χ0v) is 13.3. The Hall–Kier alpha value is -0.410. The van der Waals surface area contributed by atoms with Gasteiger partial charge in [0.2, 0.25) is 0 Å². The number of nitrogens with two attached hydrogens (primary N) is 1. The van der Waals surface area contributed by atoms with Crippen molar-refractivity contribution in [2.45, 2.75) is 71.3 Å². The number of fused-ring (bicyclic) bond motifs is 1. The summed E-state index contributed by atoms with van der Waals surface area (Å²) in [6.07, 6.45) is 8.34. The minimum Gasteiger partial charge on any atom is -0.319 e. The first-order valence-corrected chi connectivity index (χ1v) is 8.48. The van der Waals surface area contributed by atoms with E-state index < -0.39 is 0 Å². The molecule has 0 unspecified atom stereocenters. The molecule has 0 aliphatic heterocycles. The molecule has 2 aliphatic rings. The Kier molecular flexibility index (Phi) is 3.25. The summed E-state index contributed by atoms with van der Waals surface area (Å²) in [5.41, 5.74) is 8.34. The van der Waals surface area contributed by atoms with Gasteiger partial charge in [-0.1, -0.05) is 20.8 Å². The fourth-order valence-electron chi connectivity index (χ4n) is 3.40. The lowest BCUT2D eigenvalue weighted by molar-refractivity contribution is 0.247. The number of aromatic nitrogens is 1. The van der Waals surface area contributed by atoms with Crippen molar-refractivity contribution in [1.29, 1.82) is 0 Å². The van der Waals surface area contributed by atoms with Gasteiger partial charge in [0, 0.05) is 4.88 Å². The summed E-state index contributed by atoms with van der Waals surface area (Å²) in [5.74, 6) is 0.838. The molecule has 0 atom stereocenters. The summed E-state index contributed by atoms with van der Waals surface area (Å²) in [7, 11) is 0. The molecular weight excluding hydrogens is 252 g/mol. The second kappa shape index (κ2) is 4.56. The average molecular weight is 278 g/mol. The summed E-state index contributed by atoms with van der Waals surface area (Å²) in [5, 5.41) is 1.22. The second-order valence-corrected chi connectivity index (χ2v) is 8.65. The van der Waals surface area contributed by atoms with E-state index in [1.165, 1.54) is 41.3 Å². The third kappa shape index (κ3) is 2.59.